The van der Waals surface area contributed by atoms with Gasteiger partial charge in [-0.1, -0.05) is 29.8 Å². The molecule has 0 bridgehead atoms. The molecule has 3 heterocycles. The summed E-state index contributed by atoms with van der Waals surface area (Å²) in [4.78, 5) is 30.7. The van der Waals surface area contributed by atoms with Gasteiger partial charge in [-0.25, -0.2) is 9.48 Å². The fourth-order valence-corrected chi connectivity index (χ4v) is 3.72. The number of nitrogens with zero attached hydrogens (tertiary/aromatic N) is 4. The molecule has 178 valence electrons. The summed E-state index contributed by atoms with van der Waals surface area (Å²) in [7, 11) is 0. The van der Waals surface area contributed by atoms with Crippen molar-refractivity contribution in [3.63, 3.8) is 0 Å². The summed E-state index contributed by atoms with van der Waals surface area (Å²) in [5.74, 6) is 0.387. The lowest BCUT2D eigenvalue weighted by molar-refractivity contribution is 0.0242. The second-order valence-corrected chi connectivity index (χ2v) is 9.63. The van der Waals surface area contributed by atoms with Crippen molar-refractivity contribution in [2.75, 3.05) is 0 Å². The maximum Gasteiger partial charge on any atom is 0.410 e. The summed E-state index contributed by atoms with van der Waals surface area (Å²) < 4.78 is 12.5. The van der Waals surface area contributed by atoms with E-state index >= 15 is 0 Å². The Hall–Kier alpha value is -3.39. The normalized spacial score (nSPS) is 13.0. The number of hydrogen-bond donors (Lipinski definition) is 0. The molecule has 0 atom stereocenters. The second kappa shape index (κ2) is 9.85. The molecule has 0 unspecified atom stereocenters. The number of pyridine rings is 1. The Kier molecular flexibility index (Phi) is 6.88. The molecule has 0 saturated heterocycles. The van der Waals surface area contributed by atoms with Crippen LogP contribution in [-0.2, 0) is 37.4 Å². The van der Waals surface area contributed by atoms with Crippen molar-refractivity contribution in [2.24, 2.45) is 0 Å². The first-order valence-corrected chi connectivity index (χ1v) is 11.4. The van der Waals surface area contributed by atoms with Crippen LogP contribution in [0.1, 0.15) is 43.2 Å². The van der Waals surface area contributed by atoms with Gasteiger partial charge in [-0.3, -0.25) is 14.7 Å². The number of hydrogen-bond acceptors (Lipinski definition) is 6. The van der Waals surface area contributed by atoms with Gasteiger partial charge < -0.3 is 9.47 Å². The number of rotatable bonds is 6. The lowest BCUT2D eigenvalue weighted by Gasteiger charge is -2.24. The van der Waals surface area contributed by atoms with E-state index in [0.717, 1.165) is 16.7 Å². The Labute approximate surface area is 203 Å². The van der Waals surface area contributed by atoms with E-state index in [1.807, 2.05) is 32.9 Å². The molecule has 1 aliphatic rings. The molecule has 0 saturated carbocycles. The third-order valence-corrected chi connectivity index (χ3v) is 5.50. The molecule has 0 N–H and O–H groups in total. The van der Waals surface area contributed by atoms with Crippen LogP contribution in [0.15, 0.2) is 53.6 Å². The third kappa shape index (κ3) is 6.14. The highest BCUT2D eigenvalue weighted by Gasteiger charge is 2.27. The van der Waals surface area contributed by atoms with Crippen molar-refractivity contribution in [2.45, 2.75) is 59.0 Å². The zero-order valence-corrected chi connectivity index (χ0v) is 20.2. The van der Waals surface area contributed by atoms with Crippen LogP contribution in [0.4, 0.5) is 4.79 Å². The van der Waals surface area contributed by atoms with Crippen molar-refractivity contribution in [1.29, 1.82) is 0 Å². The van der Waals surface area contributed by atoms with Gasteiger partial charge in [0.15, 0.2) is 0 Å². The summed E-state index contributed by atoms with van der Waals surface area (Å²) in [5.41, 5.74) is 3.23. The lowest BCUT2D eigenvalue weighted by Crippen LogP contribution is -2.33. The fraction of sp³-hybridized carbons (Fsp3) is 0.360. The number of aromatic nitrogens is 3. The SMILES string of the molecule is CC(C)(C)OC(=O)N1Cc2ccc(CCn3ncc(OCc4ccc(Cl)cn4)cc3=O)cc2C1. The molecular formula is C25H27ClN4O4. The molecule has 0 radical (unpaired) electrons. The van der Waals surface area contributed by atoms with Gasteiger partial charge in [-0.15, -0.1) is 0 Å². The Morgan fingerprint density at radius 1 is 1.09 bits per heavy atom. The number of benzene rings is 1. The van der Waals surface area contributed by atoms with E-state index in [0.29, 0.717) is 42.5 Å². The number of carbonyl (C=O) groups is 1. The quantitative estimate of drug-likeness (QED) is 0.518. The van der Waals surface area contributed by atoms with Crippen molar-refractivity contribution in [3.8, 4) is 5.75 Å². The Morgan fingerprint density at radius 3 is 2.59 bits per heavy atom. The van der Waals surface area contributed by atoms with Crippen LogP contribution in [0.25, 0.3) is 0 Å². The molecule has 8 nitrogen and oxygen atoms in total. The molecule has 3 aromatic rings. The van der Waals surface area contributed by atoms with E-state index in [1.165, 1.54) is 16.9 Å². The van der Waals surface area contributed by atoms with Crippen LogP contribution in [0.2, 0.25) is 5.02 Å². The van der Waals surface area contributed by atoms with E-state index in [-0.39, 0.29) is 18.3 Å². The monoisotopic (exact) mass is 482 g/mol. The lowest BCUT2D eigenvalue weighted by atomic mass is 10.0. The van der Waals surface area contributed by atoms with Crippen molar-refractivity contribution in [3.05, 3.63) is 86.6 Å². The summed E-state index contributed by atoms with van der Waals surface area (Å²) in [5, 5.41) is 4.78. The summed E-state index contributed by atoms with van der Waals surface area (Å²) in [6.07, 6.45) is 3.40. The van der Waals surface area contributed by atoms with Gasteiger partial charge in [-0.05, 0) is 56.0 Å². The van der Waals surface area contributed by atoms with Gasteiger partial charge >= 0.3 is 6.09 Å². The zero-order chi connectivity index (χ0) is 24.3. The molecule has 1 amide bonds. The highest BCUT2D eigenvalue weighted by molar-refractivity contribution is 6.30. The maximum absolute atomic E-state index is 12.5. The minimum atomic E-state index is -0.523. The highest BCUT2D eigenvalue weighted by Crippen LogP contribution is 2.26. The van der Waals surface area contributed by atoms with E-state index in [4.69, 9.17) is 21.1 Å². The van der Waals surface area contributed by atoms with Gasteiger partial charge in [0.2, 0.25) is 0 Å². The molecule has 4 rings (SSSR count). The van der Waals surface area contributed by atoms with E-state index in [9.17, 15) is 9.59 Å². The maximum atomic E-state index is 12.5. The van der Waals surface area contributed by atoms with Crippen LogP contribution < -0.4 is 10.3 Å². The van der Waals surface area contributed by atoms with Crippen molar-refractivity contribution >= 4 is 17.7 Å². The van der Waals surface area contributed by atoms with Gasteiger partial charge in [0.1, 0.15) is 18.0 Å². The van der Waals surface area contributed by atoms with Crippen molar-refractivity contribution in [1.82, 2.24) is 19.7 Å². The summed E-state index contributed by atoms with van der Waals surface area (Å²) in [6, 6.07) is 11.1. The number of amides is 1. The average molecular weight is 483 g/mol. The van der Waals surface area contributed by atoms with Gasteiger partial charge in [-0.2, -0.15) is 5.10 Å². The number of carbonyl (C=O) groups excluding carboxylic acids is 1. The van der Waals surface area contributed by atoms with Crippen LogP contribution in [0.5, 0.6) is 5.75 Å². The Morgan fingerprint density at radius 2 is 1.88 bits per heavy atom. The largest absolute Gasteiger partial charge is 0.485 e. The van der Waals surface area contributed by atoms with Crippen LogP contribution in [0, 0.1) is 0 Å². The van der Waals surface area contributed by atoms with E-state index in [2.05, 4.69) is 16.1 Å². The fourth-order valence-electron chi connectivity index (χ4n) is 3.61. The van der Waals surface area contributed by atoms with Gasteiger partial charge in [0.05, 0.1) is 16.9 Å². The number of aryl methyl sites for hydroxylation is 2. The first-order valence-electron chi connectivity index (χ1n) is 11.1. The van der Waals surface area contributed by atoms with Crippen LogP contribution >= 0.6 is 11.6 Å². The molecular weight excluding hydrogens is 456 g/mol. The molecule has 1 aromatic carbocycles. The second-order valence-electron chi connectivity index (χ2n) is 9.20. The molecule has 0 aliphatic carbocycles. The standard InChI is InChI=1S/C25H27ClN4O4/c1-25(2,3)34-24(32)29-14-18-5-4-17(10-19(18)15-29)8-9-30-23(31)11-22(13-28-30)33-16-21-7-6-20(26)12-27-21/h4-7,10-13H,8-9,14-16H2,1-3H3. The number of halogens is 1. The molecule has 0 spiro atoms. The molecule has 34 heavy (non-hydrogen) atoms. The van der Waals surface area contributed by atoms with Crippen LogP contribution in [0.3, 0.4) is 0 Å². The first kappa shape index (κ1) is 23.8. The molecule has 2 aromatic heterocycles. The molecule has 0 fully saturated rings. The van der Waals surface area contributed by atoms with Crippen molar-refractivity contribution < 1.29 is 14.3 Å². The minimum Gasteiger partial charge on any atom is -0.485 e. The van der Waals surface area contributed by atoms with Gasteiger partial charge in [0, 0.05) is 31.9 Å². The Bertz CT molecular complexity index is 1230. The highest BCUT2D eigenvalue weighted by atomic mass is 35.5. The minimum absolute atomic E-state index is 0.220. The topological polar surface area (TPSA) is 86.6 Å². The average Bonchev–Trinajstić information content (AvgIpc) is 3.21. The predicted molar refractivity (Wildman–Crippen MR) is 128 cm³/mol. The van der Waals surface area contributed by atoms with E-state index in [1.54, 1.807) is 23.2 Å². The predicted octanol–water partition coefficient (Wildman–Crippen LogP) is 4.36. The number of fused-ring (bicyclic) bond motifs is 1. The first-order chi connectivity index (χ1) is 16.2. The van der Waals surface area contributed by atoms with Crippen LogP contribution in [-0.4, -0.2) is 31.4 Å². The smallest absolute Gasteiger partial charge is 0.410 e. The van der Waals surface area contributed by atoms with Gasteiger partial charge in [0.25, 0.3) is 5.56 Å². The van der Waals surface area contributed by atoms with E-state index < -0.39 is 5.60 Å². The zero-order valence-electron chi connectivity index (χ0n) is 19.5. The Balaban J connectivity index is 1.33. The third-order valence-electron chi connectivity index (χ3n) is 5.28. The molecule has 9 heteroatoms. The summed E-state index contributed by atoms with van der Waals surface area (Å²) >= 11 is 5.83. The molecule has 1 aliphatic heterocycles. The summed E-state index contributed by atoms with van der Waals surface area (Å²) in [6.45, 7) is 7.29. The number of ether oxygens (including phenoxy) is 2.